The van der Waals surface area contributed by atoms with E-state index in [2.05, 4.69) is 51.7 Å². The first-order valence-corrected chi connectivity index (χ1v) is 11.3. The first-order valence-electron chi connectivity index (χ1n) is 11.3. The standard InChI is InChI=1S/C25H32N4O2/c1-25-10-4-5-20(25)24(19-15-22(30-2)23(31-3)16-21(19)28-25)27-17-8-13-29(14-9-17)18-6-11-26-12-7-18/h6-7,11-12,15-17,27-28H,4-5,8-10,13-14H2,1-3H3/t25-/m0/s1. The molecule has 2 aromatic rings. The molecule has 6 heteroatoms. The molecular weight excluding hydrogens is 388 g/mol. The molecule has 1 atom stereocenters. The molecule has 0 bridgehead atoms. The van der Waals surface area contributed by atoms with Crippen molar-refractivity contribution in [2.75, 3.05) is 37.5 Å². The fraction of sp³-hybridized carbons (Fsp3) is 0.480. The molecule has 0 spiro atoms. The summed E-state index contributed by atoms with van der Waals surface area (Å²) in [5.41, 5.74) is 6.40. The lowest BCUT2D eigenvalue weighted by atomic mass is 9.85. The average molecular weight is 421 g/mol. The van der Waals surface area contributed by atoms with Crippen molar-refractivity contribution >= 4 is 17.1 Å². The molecule has 31 heavy (non-hydrogen) atoms. The van der Waals surface area contributed by atoms with Crippen molar-refractivity contribution in [1.29, 1.82) is 0 Å². The number of nitrogens with zero attached hydrogens (tertiary/aromatic N) is 2. The van der Waals surface area contributed by atoms with Crippen molar-refractivity contribution in [2.24, 2.45) is 0 Å². The van der Waals surface area contributed by atoms with Gasteiger partial charge >= 0.3 is 0 Å². The maximum atomic E-state index is 5.63. The number of methoxy groups -OCH3 is 2. The number of fused-ring (bicyclic) bond motifs is 2. The number of piperidine rings is 1. The van der Waals surface area contributed by atoms with E-state index in [1.807, 2.05) is 12.4 Å². The summed E-state index contributed by atoms with van der Waals surface area (Å²) in [6.45, 7) is 4.44. The van der Waals surface area contributed by atoms with Crippen LogP contribution in [0.15, 0.2) is 42.2 Å². The highest BCUT2D eigenvalue weighted by atomic mass is 16.5. The summed E-state index contributed by atoms with van der Waals surface area (Å²) >= 11 is 0. The Hall–Kier alpha value is -2.89. The first-order chi connectivity index (χ1) is 15.1. The van der Waals surface area contributed by atoms with Gasteiger partial charge in [0.15, 0.2) is 11.5 Å². The van der Waals surface area contributed by atoms with Gasteiger partial charge < -0.3 is 25.0 Å². The third-order valence-corrected chi connectivity index (χ3v) is 7.15. The topological polar surface area (TPSA) is 58.7 Å². The molecule has 1 saturated heterocycles. The third-order valence-electron chi connectivity index (χ3n) is 7.15. The van der Waals surface area contributed by atoms with Crippen LogP contribution >= 0.6 is 0 Å². The molecule has 2 aliphatic heterocycles. The van der Waals surface area contributed by atoms with Crippen molar-refractivity contribution in [1.82, 2.24) is 10.3 Å². The molecule has 3 heterocycles. The van der Waals surface area contributed by atoms with E-state index in [0.29, 0.717) is 6.04 Å². The Bertz CT molecular complexity index is 983. The number of hydrogen-bond donors (Lipinski definition) is 2. The Kier molecular flexibility index (Phi) is 5.16. The van der Waals surface area contributed by atoms with Gasteiger partial charge in [0, 0.05) is 60.2 Å². The van der Waals surface area contributed by atoms with Crippen LogP contribution in [0.4, 0.5) is 11.4 Å². The normalized spacial score (nSPS) is 23.1. The Morgan fingerprint density at radius 3 is 2.52 bits per heavy atom. The second-order valence-electron chi connectivity index (χ2n) is 9.03. The molecule has 0 radical (unpaired) electrons. The summed E-state index contributed by atoms with van der Waals surface area (Å²) < 4.78 is 11.2. The van der Waals surface area contributed by atoms with Crippen molar-refractivity contribution in [3.05, 3.63) is 47.8 Å². The summed E-state index contributed by atoms with van der Waals surface area (Å²) in [5.74, 6) is 1.54. The minimum Gasteiger partial charge on any atom is -0.493 e. The highest BCUT2D eigenvalue weighted by Crippen LogP contribution is 2.49. The van der Waals surface area contributed by atoms with E-state index in [0.717, 1.165) is 56.0 Å². The molecule has 5 rings (SSSR count). The van der Waals surface area contributed by atoms with Gasteiger partial charge in [0.2, 0.25) is 0 Å². The molecule has 3 aliphatic rings. The van der Waals surface area contributed by atoms with Gasteiger partial charge in [0.05, 0.1) is 19.8 Å². The Morgan fingerprint density at radius 2 is 1.81 bits per heavy atom. The number of benzene rings is 1. The first kappa shape index (κ1) is 20.0. The Labute approximate surface area is 184 Å². The SMILES string of the molecule is COc1cc2c(cc1OC)C(NC1CCN(c3ccncc3)CC1)=C1CCC[C@]1(C)N2. The van der Waals surface area contributed by atoms with Gasteiger partial charge in [-0.2, -0.15) is 0 Å². The summed E-state index contributed by atoms with van der Waals surface area (Å²) in [4.78, 5) is 6.61. The lowest BCUT2D eigenvalue weighted by molar-refractivity contribution is 0.355. The van der Waals surface area contributed by atoms with Crippen molar-refractivity contribution in [2.45, 2.75) is 50.6 Å². The molecule has 1 aromatic carbocycles. The predicted molar refractivity (Wildman–Crippen MR) is 125 cm³/mol. The lowest BCUT2D eigenvalue weighted by Crippen LogP contribution is -2.44. The fourth-order valence-electron chi connectivity index (χ4n) is 5.44. The van der Waals surface area contributed by atoms with Crippen LogP contribution in [0.1, 0.15) is 44.6 Å². The van der Waals surface area contributed by atoms with E-state index in [1.165, 1.54) is 28.9 Å². The van der Waals surface area contributed by atoms with Gasteiger partial charge in [-0.15, -0.1) is 0 Å². The van der Waals surface area contributed by atoms with Gasteiger partial charge in [-0.3, -0.25) is 4.98 Å². The average Bonchev–Trinajstić information content (AvgIpc) is 3.20. The van der Waals surface area contributed by atoms with Crippen LogP contribution in [0.3, 0.4) is 0 Å². The van der Waals surface area contributed by atoms with Crippen LogP contribution in [0, 0.1) is 0 Å². The molecule has 6 nitrogen and oxygen atoms in total. The number of anilines is 2. The molecule has 2 N–H and O–H groups in total. The minimum absolute atomic E-state index is 0.00662. The second-order valence-corrected chi connectivity index (χ2v) is 9.03. The Morgan fingerprint density at radius 1 is 1.10 bits per heavy atom. The predicted octanol–water partition coefficient (Wildman–Crippen LogP) is 4.44. The molecule has 1 saturated carbocycles. The van der Waals surface area contributed by atoms with E-state index in [1.54, 1.807) is 14.2 Å². The van der Waals surface area contributed by atoms with Crippen molar-refractivity contribution in [3.63, 3.8) is 0 Å². The van der Waals surface area contributed by atoms with Crippen LogP contribution < -0.4 is 25.0 Å². The zero-order valence-corrected chi connectivity index (χ0v) is 18.7. The van der Waals surface area contributed by atoms with Crippen molar-refractivity contribution < 1.29 is 9.47 Å². The third kappa shape index (κ3) is 3.58. The highest BCUT2D eigenvalue weighted by Gasteiger charge is 2.41. The maximum Gasteiger partial charge on any atom is 0.162 e. The van der Waals surface area contributed by atoms with E-state index >= 15 is 0 Å². The van der Waals surface area contributed by atoms with Gasteiger partial charge in [0.25, 0.3) is 0 Å². The molecule has 1 aromatic heterocycles. The highest BCUT2D eigenvalue weighted by molar-refractivity contribution is 5.85. The van der Waals surface area contributed by atoms with E-state index in [-0.39, 0.29) is 5.54 Å². The molecule has 0 unspecified atom stereocenters. The van der Waals surface area contributed by atoms with Gasteiger partial charge in [0.1, 0.15) is 0 Å². The molecule has 164 valence electrons. The van der Waals surface area contributed by atoms with Crippen LogP contribution in [0.5, 0.6) is 11.5 Å². The summed E-state index contributed by atoms with van der Waals surface area (Å²) in [6, 6.07) is 8.88. The summed E-state index contributed by atoms with van der Waals surface area (Å²) in [6.07, 6.45) is 9.49. The lowest BCUT2D eigenvalue weighted by Gasteiger charge is -2.40. The summed E-state index contributed by atoms with van der Waals surface area (Å²) in [5, 5.41) is 7.79. The van der Waals surface area contributed by atoms with Crippen LogP contribution in [0.25, 0.3) is 5.70 Å². The van der Waals surface area contributed by atoms with E-state index < -0.39 is 0 Å². The maximum absolute atomic E-state index is 5.63. The van der Waals surface area contributed by atoms with E-state index in [9.17, 15) is 0 Å². The smallest absolute Gasteiger partial charge is 0.162 e. The quantitative estimate of drug-likeness (QED) is 0.746. The van der Waals surface area contributed by atoms with Gasteiger partial charge in [-0.1, -0.05) is 0 Å². The van der Waals surface area contributed by atoms with E-state index in [4.69, 9.17) is 9.47 Å². The molecule has 1 aliphatic carbocycles. The van der Waals surface area contributed by atoms with Crippen LogP contribution in [-0.4, -0.2) is 43.9 Å². The van der Waals surface area contributed by atoms with Crippen LogP contribution in [0.2, 0.25) is 0 Å². The van der Waals surface area contributed by atoms with Crippen LogP contribution in [-0.2, 0) is 0 Å². The monoisotopic (exact) mass is 420 g/mol. The minimum atomic E-state index is 0.00662. The van der Waals surface area contributed by atoms with Crippen molar-refractivity contribution in [3.8, 4) is 11.5 Å². The zero-order valence-electron chi connectivity index (χ0n) is 18.7. The molecular formula is C25H32N4O2. The number of hydrogen-bond acceptors (Lipinski definition) is 6. The molecule has 2 fully saturated rings. The number of aromatic nitrogens is 1. The zero-order chi connectivity index (χ0) is 21.4. The second kappa shape index (κ2) is 7.98. The number of ether oxygens (including phenoxy) is 2. The Balaban J connectivity index is 1.42. The summed E-state index contributed by atoms with van der Waals surface area (Å²) in [7, 11) is 3.40. The largest absolute Gasteiger partial charge is 0.493 e. The van der Waals surface area contributed by atoms with Gasteiger partial charge in [-0.25, -0.2) is 0 Å². The number of nitrogens with one attached hydrogen (secondary N) is 2. The number of pyridine rings is 1. The molecule has 0 amide bonds. The fourth-order valence-corrected chi connectivity index (χ4v) is 5.44. The number of rotatable bonds is 5. The van der Waals surface area contributed by atoms with Gasteiger partial charge in [-0.05, 0) is 62.8 Å².